The number of carbonyl (C=O) groups is 3. The first-order chi connectivity index (χ1) is 11.1. The maximum Gasteiger partial charge on any atom is 2.00 e. The number of thioether (sulfide) groups is 1. The van der Waals surface area contributed by atoms with Gasteiger partial charge in [-0.25, -0.2) is 4.90 Å². The first-order valence-corrected chi connectivity index (χ1v) is 7.85. The number of carboxylic acids is 1. The zero-order valence-corrected chi connectivity index (χ0v) is 14.9. The Morgan fingerprint density at radius 3 is 2.38 bits per heavy atom. The SMILES string of the molecule is O=C([O-])c1ccccc1SC1CC(=O)N(c2ccccc2)C1=O.[H-].[Mg+2]. The second-order valence-electron chi connectivity index (χ2n) is 5.00. The third-order valence-electron chi connectivity index (χ3n) is 3.50. The number of aromatic carboxylic acids is 1. The van der Waals surface area contributed by atoms with Gasteiger partial charge >= 0.3 is 23.1 Å². The minimum Gasteiger partial charge on any atom is -1.00 e. The van der Waals surface area contributed by atoms with Crippen LogP contribution in [0.25, 0.3) is 0 Å². The minimum absolute atomic E-state index is 0. The fourth-order valence-corrected chi connectivity index (χ4v) is 3.61. The molecule has 7 heteroatoms. The molecule has 2 amide bonds. The van der Waals surface area contributed by atoms with E-state index in [2.05, 4.69) is 0 Å². The molecular weight excluding hydrogens is 339 g/mol. The molecule has 2 aromatic rings. The van der Waals surface area contributed by atoms with E-state index in [0.29, 0.717) is 10.6 Å². The molecule has 1 unspecified atom stereocenters. The normalized spacial score (nSPS) is 16.8. The summed E-state index contributed by atoms with van der Waals surface area (Å²) in [5.41, 5.74) is 0.551. The quantitative estimate of drug-likeness (QED) is 0.611. The predicted molar refractivity (Wildman–Crippen MR) is 90.8 cm³/mol. The monoisotopic (exact) mass is 351 g/mol. The zero-order chi connectivity index (χ0) is 16.4. The van der Waals surface area contributed by atoms with Gasteiger partial charge in [-0.05, 0) is 18.2 Å². The molecule has 0 radical (unpaired) electrons. The van der Waals surface area contributed by atoms with Gasteiger partial charge in [0.15, 0.2) is 0 Å². The summed E-state index contributed by atoms with van der Waals surface area (Å²) in [5, 5.41) is 10.5. The first kappa shape index (κ1) is 18.5. The Kier molecular flexibility index (Phi) is 6.03. The molecule has 0 aromatic heterocycles. The molecule has 0 spiro atoms. The summed E-state index contributed by atoms with van der Waals surface area (Å²) in [6, 6.07) is 15.0. The number of benzene rings is 2. The molecule has 0 aliphatic carbocycles. The largest absolute Gasteiger partial charge is 2.00 e. The van der Waals surface area contributed by atoms with Gasteiger partial charge in [0, 0.05) is 16.9 Å². The molecule has 118 valence electrons. The molecule has 1 saturated heterocycles. The number of rotatable bonds is 4. The molecular formula is C17H13MgNO4S. The van der Waals surface area contributed by atoms with Crippen molar-refractivity contribution < 1.29 is 20.9 Å². The summed E-state index contributed by atoms with van der Waals surface area (Å²) in [6.07, 6.45) is 0.0414. The van der Waals surface area contributed by atoms with E-state index in [4.69, 9.17) is 0 Å². The van der Waals surface area contributed by atoms with Crippen molar-refractivity contribution in [3.63, 3.8) is 0 Å². The standard InChI is InChI=1S/C17H13NO4S.Mg.H/c19-15-10-14(16(20)18(15)11-6-2-1-3-7-11)23-13-9-5-4-8-12(13)17(21)22;;/h1-9,14H,10H2,(H,21,22);;/q;+2;-1/p-1. The van der Waals surface area contributed by atoms with Crippen molar-refractivity contribution in [2.24, 2.45) is 0 Å². The van der Waals surface area contributed by atoms with Gasteiger partial charge in [0.2, 0.25) is 11.8 Å². The van der Waals surface area contributed by atoms with Crippen LogP contribution in [0, 0.1) is 0 Å². The molecule has 1 aliphatic rings. The van der Waals surface area contributed by atoms with Gasteiger partial charge in [0.1, 0.15) is 0 Å². The van der Waals surface area contributed by atoms with Crippen molar-refractivity contribution in [1.29, 1.82) is 0 Å². The molecule has 5 nitrogen and oxygen atoms in total. The fourth-order valence-electron chi connectivity index (χ4n) is 2.44. The van der Waals surface area contributed by atoms with Gasteiger partial charge in [0.05, 0.1) is 16.9 Å². The number of amides is 2. The van der Waals surface area contributed by atoms with E-state index in [1.54, 1.807) is 48.5 Å². The Hall–Kier alpha value is -1.83. The molecule has 1 heterocycles. The Labute approximate surface area is 160 Å². The van der Waals surface area contributed by atoms with Crippen LogP contribution in [0.3, 0.4) is 0 Å². The first-order valence-electron chi connectivity index (χ1n) is 6.97. The van der Waals surface area contributed by atoms with Gasteiger partial charge in [-0.3, -0.25) is 9.59 Å². The Morgan fingerprint density at radius 2 is 1.71 bits per heavy atom. The maximum absolute atomic E-state index is 12.5. The molecule has 1 fully saturated rings. The van der Waals surface area contributed by atoms with Crippen LogP contribution in [0.4, 0.5) is 5.69 Å². The van der Waals surface area contributed by atoms with Crippen LogP contribution in [0.5, 0.6) is 0 Å². The van der Waals surface area contributed by atoms with E-state index in [9.17, 15) is 19.5 Å². The Bertz CT molecular complexity index is 787. The molecule has 0 N–H and O–H groups in total. The average molecular weight is 352 g/mol. The van der Waals surface area contributed by atoms with Gasteiger partial charge in [-0.15, -0.1) is 11.8 Å². The van der Waals surface area contributed by atoms with Crippen molar-refractivity contribution in [2.45, 2.75) is 16.6 Å². The smallest absolute Gasteiger partial charge is 1.00 e. The molecule has 0 bridgehead atoms. The molecule has 0 saturated carbocycles. The third kappa shape index (κ3) is 3.63. The maximum atomic E-state index is 12.5. The number of hydrogen-bond donors (Lipinski definition) is 0. The number of carboxylic acid groups (broad SMARTS) is 1. The number of anilines is 1. The number of para-hydroxylation sites is 1. The number of carbonyl (C=O) groups excluding carboxylic acids is 3. The van der Waals surface area contributed by atoms with E-state index in [1.165, 1.54) is 6.07 Å². The van der Waals surface area contributed by atoms with Gasteiger partial charge < -0.3 is 11.3 Å². The number of nitrogens with zero attached hydrogens (tertiary/aromatic N) is 1. The molecule has 1 aliphatic heterocycles. The van der Waals surface area contributed by atoms with Gasteiger partial charge in [0.25, 0.3) is 0 Å². The van der Waals surface area contributed by atoms with E-state index in [0.717, 1.165) is 16.7 Å². The molecule has 2 aromatic carbocycles. The van der Waals surface area contributed by atoms with Gasteiger partial charge in [-0.1, -0.05) is 36.4 Å². The minimum atomic E-state index is -1.30. The van der Waals surface area contributed by atoms with Crippen LogP contribution in [0.2, 0.25) is 0 Å². The van der Waals surface area contributed by atoms with Crippen LogP contribution >= 0.6 is 11.8 Å². The van der Waals surface area contributed by atoms with Crippen molar-refractivity contribution in [3.8, 4) is 0 Å². The summed E-state index contributed by atoms with van der Waals surface area (Å²) in [7, 11) is 0. The van der Waals surface area contributed by atoms with Crippen LogP contribution in [0.15, 0.2) is 59.5 Å². The summed E-state index contributed by atoms with van der Waals surface area (Å²) in [4.78, 5) is 37.4. The molecule has 24 heavy (non-hydrogen) atoms. The van der Waals surface area contributed by atoms with Crippen molar-refractivity contribution in [2.75, 3.05) is 4.90 Å². The fraction of sp³-hybridized carbons (Fsp3) is 0.118. The van der Waals surface area contributed by atoms with E-state index >= 15 is 0 Å². The van der Waals surface area contributed by atoms with E-state index in [-0.39, 0.29) is 48.3 Å². The third-order valence-corrected chi connectivity index (χ3v) is 4.76. The summed E-state index contributed by atoms with van der Waals surface area (Å²) in [5.74, 6) is -1.92. The van der Waals surface area contributed by atoms with Crippen LogP contribution in [0.1, 0.15) is 18.2 Å². The molecule has 1 atom stereocenters. The predicted octanol–water partition coefficient (Wildman–Crippen LogP) is 1.21. The van der Waals surface area contributed by atoms with Gasteiger partial charge in [-0.2, -0.15) is 0 Å². The van der Waals surface area contributed by atoms with Crippen LogP contribution in [-0.4, -0.2) is 46.1 Å². The van der Waals surface area contributed by atoms with Crippen molar-refractivity contribution >= 4 is 58.3 Å². The topological polar surface area (TPSA) is 77.5 Å². The number of hydrogen-bond acceptors (Lipinski definition) is 5. The Balaban J connectivity index is 0.00000156. The van der Waals surface area contributed by atoms with Crippen molar-refractivity contribution in [1.82, 2.24) is 0 Å². The average Bonchev–Trinajstić information content (AvgIpc) is 2.82. The van der Waals surface area contributed by atoms with Crippen LogP contribution in [-0.2, 0) is 9.59 Å². The summed E-state index contributed by atoms with van der Waals surface area (Å²) in [6.45, 7) is 0. The second-order valence-corrected chi connectivity index (χ2v) is 6.24. The summed E-state index contributed by atoms with van der Waals surface area (Å²) < 4.78 is 0. The Morgan fingerprint density at radius 1 is 1.08 bits per heavy atom. The van der Waals surface area contributed by atoms with Crippen molar-refractivity contribution in [3.05, 3.63) is 60.2 Å². The summed E-state index contributed by atoms with van der Waals surface area (Å²) >= 11 is 1.08. The van der Waals surface area contributed by atoms with E-state index < -0.39 is 11.2 Å². The van der Waals surface area contributed by atoms with E-state index in [1.807, 2.05) is 0 Å². The zero-order valence-electron chi connectivity index (χ0n) is 13.7. The van der Waals surface area contributed by atoms with Crippen LogP contribution < -0.4 is 10.0 Å². The number of imide groups is 1. The molecule has 3 rings (SSSR count). The second kappa shape index (κ2) is 7.83.